The molecule has 0 atom stereocenters. The van der Waals surface area contributed by atoms with Crippen LogP contribution in [0.25, 0.3) is 0 Å². The standard InChI is InChI=1S/C16H21Cl2N3O2S/c1-4-5-8-24(22,23)20-16-11(2)19-21(12(16)3)10-13-6-7-14(17)9-15(13)18/h6-7,9,20H,4-5,8,10H2,1-3H3. The van der Waals surface area contributed by atoms with Crippen molar-refractivity contribution in [2.75, 3.05) is 10.5 Å². The smallest absolute Gasteiger partial charge is 0.232 e. The molecule has 0 radical (unpaired) electrons. The van der Waals surface area contributed by atoms with Crippen LogP contribution in [0.2, 0.25) is 10.0 Å². The molecule has 0 aliphatic heterocycles. The number of nitrogens with one attached hydrogen (secondary N) is 1. The average molecular weight is 390 g/mol. The third-order valence-electron chi connectivity index (χ3n) is 3.74. The van der Waals surface area contributed by atoms with Crippen LogP contribution in [0.4, 0.5) is 5.69 Å². The predicted octanol–water partition coefficient (Wildman–Crippen LogP) is 4.40. The number of unbranched alkanes of at least 4 members (excludes halogenated alkanes) is 1. The summed E-state index contributed by atoms with van der Waals surface area (Å²) in [5, 5.41) is 5.56. The van der Waals surface area contributed by atoms with Gasteiger partial charge in [0.15, 0.2) is 0 Å². The fourth-order valence-corrected chi connectivity index (χ4v) is 4.20. The maximum atomic E-state index is 12.1. The fourth-order valence-electron chi connectivity index (χ4n) is 2.35. The molecule has 2 aromatic rings. The van der Waals surface area contributed by atoms with Gasteiger partial charge >= 0.3 is 0 Å². The molecule has 0 fully saturated rings. The van der Waals surface area contributed by atoms with Gasteiger partial charge in [0, 0.05) is 10.0 Å². The highest BCUT2D eigenvalue weighted by molar-refractivity contribution is 7.92. The van der Waals surface area contributed by atoms with Gasteiger partial charge in [0.05, 0.1) is 29.4 Å². The van der Waals surface area contributed by atoms with E-state index in [9.17, 15) is 8.42 Å². The van der Waals surface area contributed by atoms with Crippen molar-refractivity contribution in [3.05, 3.63) is 45.2 Å². The van der Waals surface area contributed by atoms with E-state index in [-0.39, 0.29) is 5.75 Å². The summed E-state index contributed by atoms with van der Waals surface area (Å²) in [6.07, 6.45) is 1.45. The molecule has 0 spiro atoms. The second kappa shape index (κ2) is 7.76. The van der Waals surface area contributed by atoms with Crippen LogP contribution < -0.4 is 4.72 Å². The Labute approximate surface area is 153 Å². The average Bonchev–Trinajstić information content (AvgIpc) is 2.75. The third kappa shape index (κ3) is 4.65. The Bertz CT molecular complexity index is 832. The van der Waals surface area contributed by atoms with Gasteiger partial charge in [-0.2, -0.15) is 5.10 Å². The molecular formula is C16H21Cl2N3O2S. The topological polar surface area (TPSA) is 64.0 Å². The van der Waals surface area contributed by atoms with Gasteiger partial charge in [-0.3, -0.25) is 9.40 Å². The summed E-state index contributed by atoms with van der Waals surface area (Å²) in [6, 6.07) is 5.29. The zero-order valence-electron chi connectivity index (χ0n) is 13.9. The van der Waals surface area contributed by atoms with Crippen molar-refractivity contribution in [3.8, 4) is 0 Å². The van der Waals surface area contributed by atoms with Crippen molar-refractivity contribution in [3.63, 3.8) is 0 Å². The summed E-state index contributed by atoms with van der Waals surface area (Å²) >= 11 is 12.1. The van der Waals surface area contributed by atoms with E-state index in [1.165, 1.54) is 0 Å². The number of nitrogens with zero attached hydrogens (tertiary/aromatic N) is 2. The van der Waals surface area contributed by atoms with Crippen LogP contribution in [0.3, 0.4) is 0 Å². The van der Waals surface area contributed by atoms with Crippen LogP contribution in [-0.2, 0) is 16.6 Å². The van der Waals surface area contributed by atoms with Crippen molar-refractivity contribution in [2.24, 2.45) is 0 Å². The van der Waals surface area contributed by atoms with Gasteiger partial charge in [0.2, 0.25) is 10.0 Å². The highest BCUT2D eigenvalue weighted by atomic mass is 35.5. The molecule has 0 saturated heterocycles. The van der Waals surface area contributed by atoms with E-state index < -0.39 is 10.0 Å². The van der Waals surface area contributed by atoms with E-state index in [0.29, 0.717) is 34.4 Å². The number of aromatic nitrogens is 2. The predicted molar refractivity (Wildman–Crippen MR) is 99.6 cm³/mol. The lowest BCUT2D eigenvalue weighted by Crippen LogP contribution is -2.17. The maximum absolute atomic E-state index is 12.1. The molecule has 1 heterocycles. The fraction of sp³-hybridized carbons (Fsp3) is 0.438. The van der Waals surface area contributed by atoms with Crippen molar-refractivity contribution in [2.45, 2.75) is 40.2 Å². The molecule has 2 rings (SSSR count). The molecule has 0 aliphatic rings. The molecule has 0 amide bonds. The number of hydrogen-bond donors (Lipinski definition) is 1. The molecule has 5 nitrogen and oxygen atoms in total. The molecule has 1 N–H and O–H groups in total. The highest BCUT2D eigenvalue weighted by Crippen LogP contribution is 2.25. The minimum Gasteiger partial charge on any atom is -0.280 e. The minimum atomic E-state index is -3.36. The molecule has 132 valence electrons. The van der Waals surface area contributed by atoms with E-state index in [0.717, 1.165) is 17.7 Å². The lowest BCUT2D eigenvalue weighted by molar-refractivity contribution is 0.597. The van der Waals surface area contributed by atoms with Gasteiger partial charge in [0.1, 0.15) is 0 Å². The Balaban J connectivity index is 2.25. The lowest BCUT2D eigenvalue weighted by Gasteiger charge is -2.09. The summed E-state index contributed by atoms with van der Waals surface area (Å²) in [4.78, 5) is 0. The van der Waals surface area contributed by atoms with Crippen LogP contribution in [0, 0.1) is 13.8 Å². The van der Waals surface area contributed by atoms with Crippen molar-refractivity contribution in [1.82, 2.24) is 9.78 Å². The highest BCUT2D eigenvalue weighted by Gasteiger charge is 2.18. The Morgan fingerprint density at radius 2 is 1.96 bits per heavy atom. The number of anilines is 1. The van der Waals surface area contributed by atoms with Gasteiger partial charge in [0.25, 0.3) is 0 Å². The van der Waals surface area contributed by atoms with Crippen molar-refractivity contribution < 1.29 is 8.42 Å². The summed E-state index contributed by atoms with van der Waals surface area (Å²) in [6.45, 7) is 6.02. The van der Waals surface area contributed by atoms with E-state index in [4.69, 9.17) is 23.2 Å². The van der Waals surface area contributed by atoms with E-state index in [1.807, 2.05) is 19.9 Å². The molecule has 8 heteroatoms. The van der Waals surface area contributed by atoms with Crippen molar-refractivity contribution >= 4 is 38.9 Å². The van der Waals surface area contributed by atoms with Gasteiger partial charge in [-0.15, -0.1) is 0 Å². The molecule has 1 aromatic heterocycles. The SMILES string of the molecule is CCCCS(=O)(=O)Nc1c(C)nn(Cc2ccc(Cl)cc2Cl)c1C. The second-order valence-electron chi connectivity index (χ2n) is 5.71. The quantitative estimate of drug-likeness (QED) is 0.762. The second-order valence-corrected chi connectivity index (χ2v) is 8.40. The minimum absolute atomic E-state index is 0.108. The van der Waals surface area contributed by atoms with Crippen molar-refractivity contribution in [1.29, 1.82) is 0 Å². The number of halogens is 2. The Morgan fingerprint density at radius 1 is 1.25 bits per heavy atom. The zero-order chi connectivity index (χ0) is 17.9. The normalized spacial score (nSPS) is 11.7. The summed E-state index contributed by atoms with van der Waals surface area (Å²) in [7, 11) is -3.36. The van der Waals surface area contributed by atoms with Gasteiger partial charge in [-0.25, -0.2) is 8.42 Å². The largest absolute Gasteiger partial charge is 0.280 e. The molecule has 24 heavy (non-hydrogen) atoms. The van der Waals surface area contributed by atoms with Crippen LogP contribution in [0.1, 0.15) is 36.7 Å². The molecule has 0 bridgehead atoms. The Morgan fingerprint density at radius 3 is 2.58 bits per heavy atom. The number of hydrogen-bond acceptors (Lipinski definition) is 3. The van der Waals surface area contributed by atoms with E-state index >= 15 is 0 Å². The van der Waals surface area contributed by atoms with Gasteiger partial charge in [-0.1, -0.05) is 42.6 Å². The van der Waals surface area contributed by atoms with Gasteiger partial charge < -0.3 is 0 Å². The third-order valence-corrected chi connectivity index (χ3v) is 5.67. The number of rotatable bonds is 7. The molecule has 0 unspecified atom stereocenters. The van der Waals surface area contributed by atoms with Crippen LogP contribution in [0.5, 0.6) is 0 Å². The van der Waals surface area contributed by atoms with E-state index in [2.05, 4.69) is 9.82 Å². The molecular weight excluding hydrogens is 369 g/mol. The molecule has 1 aromatic carbocycles. The van der Waals surface area contributed by atoms with Crippen LogP contribution >= 0.6 is 23.2 Å². The summed E-state index contributed by atoms with van der Waals surface area (Å²) in [5.41, 5.74) is 2.79. The first-order valence-corrected chi connectivity index (χ1v) is 10.1. The first kappa shape index (κ1) is 19.1. The number of sulfonamides is 1. The Hall–Kier alpha value is -1.24. The number of benzene rings is 1. The first-order chi connectivity index (χ1) is 11.2. The molecule has 0 saturated carbocycles. The first-order valence-electron chi connectivity index (χ1n) is 7.72. The Kier molecular flexibility index (Phi) is 6.17. The lowest BCUT2D eigenvalue weighted by atomic mass is 10.2. The molecule has 0 aliphatic carbocycles. The summed E-state index contributed by atoms with van der Waals surface area (Å²) < 4.78 is 28.7. The maximum Gasteiger partial charge on any atom is 0.232 e. The van der Waals surface area contributed by atoms with Gasteiger partial charge in [-0.05, 0) is 38.0 Å². The van der Waals surface area contributed by atoms with Crippen LogP contribution in [0.15, 0.2) is 18.2 Å². The van der Waals surface area contributed by atoms with E-state index in [1.54, 1.807) is 23.7 Å². The monoisotopic (exact) mass is 389 g/mol. The number of aryl methyl sites for hydroxylation is 1. The summed E-state index contributed by atoms with van der Waals surface area (Å²) in [5.74, 6) is 0.108. The van der Waals surface area contributed by atoms with Crippen LogP contribution in [-0.4, -0.2) is 24.0 Å². The zero-order valence-corrected chi connectivity index (χ0v) is 16.3.